The van der Waals surface area contributed by atoms with Gasteiger partial charge in [-0.25, -0.2) is 4.79 Å². The summed E-state index contributed by atoms with van der Waals surface area (Å²) in [7, 11) is 3.44. The summed E-state index contributed by atoms with van der Waals surface area (Å²) in [4.78, 5) is 16.5. The van der Waals surface area contributed by atoms with Crippen LogP contribution in [0, 0.1) is 5.92 Å². The Balaban J connectivity index is 1.53. The van der Waals surface area contributed by atoms with Gasteiger partial charge in [0.2, 0.25) is 0 Å². The molecule has 2 amide bonds. The van der Waals surface area contributed by atoms with Crippen LogP contribution in [-0.4, -0.2) is 38.2 Å². The van der Waals surface area contributed by atoms with E-state index in [2.05, 4.69) is 29.3 Å². The van der Waals surface area contributed by atoms with Crippen molar-refractivity contribution >= 4 is 17.4 Å². The Morgan fingerprint density at radius 3 is 2.33 bits per heavy atom. The number of methoxy groups -OCH3 is 1. The summed E-state index contributed by atoms with van der Waals surface area (Å²) < 4.78 is 5.16. The summed E-state index contributed by atoms with van der Waals surface area (Å²) in [6.45, 7) is 5.08. The van der Waals surface area contributed by atoms with Crippen molar-refractivity contribution in [1.29, 1.82) is 0 Å². The van der Waals surface area contributed by atoms with E-state index in [9.17, 15) is 4.79 Å². The summed E-state index contributed by atoms with van der Waals surface area (Å²) in [6.07, 6.45) is 2.49. The van der Waals surface area contributed by atoms with E-state index in [-0.39, 0.29) is 6.03 Å². The molecule has 3 rings (SSSR count). The zero-order chi connectivity index (χ0) is 19.2. The SMILES string of the molecule is COc1ccc(CN(C)C(=O)Nc2ccc(N3CCC(C)CC3)cc2)cc1. The number of urea groups is 1. The lowest BCUT2D eigenvalue weighted by molar-refractivity contribution is 0.220. The highest BCUT2D eigenvalue weighted by atomic mass is 16.5. The number of hydrogen-bond donors (Lipinski definition) is 1. The molecule has 0 unspecified atom stereocenters. The van der Waals surface area contributed by atoms with Crippen LogP contribution in [0.15, 0.2) is 48.5 Å². The second-order valence-electron chi connectivity index (χ2n) is 7.35. The Morgan fingerprint density at radius 1 is 1.11 bits per heavy atom. The topological polar surface area (TPSA) is 44.8 Å². The fourth-order valence-electron chi connectivity index (χ4n) is 3.32. The lowest BCUT2D eigenvalue weighted by atomic mass is 9.99. The van der Waals surface area contributed by atoms with Crippen molar-refractivity contribution in [2.45, 2.75) is 26.3 Å². The molecular formula is C22H29N3O2. The molecule has 0 saturated carbocycles. The van der Waals surface area contributed by atoms with E-state index in [4.69, 9.17) is 4.74 Å². The predicted octanol–water partition coefficient (Wildman–Crippen LogP) is 4.60. The van der Waals surface area contributed by atoms with Crippen LogP contribution in [0.3, 0.4) is 0 Å². The fourth-order valence-corrected chi connectivity index (χ4v) is 3.32. The van der Waals surface area contributed by atoms with Crippen LogP contribution in [0.5, 0.6) is 5.75 Å². The Hall–Kier alpha value is -2.69. The van der Waals surface area contributed by atoms with Gasteiger partial charge >= 0.3 is 6.03 Å². The molecule has 0 spiro atoms. The normalized spacial score (nSPS) is 14.7. The molecule has 0 bridgehead atoms. The van der Waals surface area contributed by atoms with Gasteiger partial charge in [-0.1, -0.05) is 19.1 Å². The first-order valence-electron chi connectivity index (χ1n) is 9.55. The van der Waals surface area contributed by atoms with Gasteiger partial charge in [-0.05, 0) is 60.7 Å². The van der Waals surface area contributed by atoms with Gasteiger partial charge < -0.3 is 19.9 Å². The van der Waals surface area contributed by atoms with Gasteiger partial charge in [0.1, 0.15) is 5.75 Å². The molecule has 1 aliphatic heterocycles. The Morgan fingerprint density at radius 2 is 1.74 bits per heavy atom. The Bertz CT molecular complexity index is 735. The molecule has 1 heterocycles. The number of amides is 2. The number of nitrogens with one attached hydrogen (secondary N) is 1. The van der Waals surface area contributed by atoms with Crippen molar-refractivity contribution in [3.63, 3.8) is 0 Å². The third-order valence-corrected chi connectivity index (χ3v) is 5.19. The highest BCUT2D eigenvalue weighted by Crippen LogP contribution is 2.24. The van der Waals surface area contributed by atoms with E-state index in [0.717, 1.165) is 36.0 Å². The van der Waals surface area contributed by atoms with Crippen molar-refractivity contribution in [3.8, 4) is 5.75 Å². The molecule has 5 heteroatoms. The van der Waals surface area contributed by atoms with Gasteiger partial charge in [0.15, 0.2) is 0 Å². The monoisotopic (exact) mass is 367 g/mol. The highest BCUT2D eigenvalue weighted by molar-refractivity contribution is 5.89. The minimum Gasteiger partial charge on any atom is -0.497 e. The second kappa shape index (κ2) is 8.80. The summed E-state index contributed by atoms with van der Waals surface area (Å²) in [5, 5.41) is 2.97. The van der Waals surface area contributed by atoms with Crippen molar-refractivity contribution in [3.05, 3.63) is 54.1 Å². The molecule has 0 radical (unpaired) electrons. The maximum Gasteiger partial charge on any atom is 0.321 e. The highest BCUT2D eigenvalue weighted by Gasteiger charge is 2.16. The number of rotatable bonds is 5. The zero-order valence-electron chi connectivity index (χ0n) is 16.4. The molecule has 144 valence electrons. The van der Waals surface area contributed by atoms with Crippen molar-refractivity contribution in [1.82, 2.24) is 4.90 Å². The molecule has 0 atom stereocenters. The number of nitrogens with zero attached hydrogens (tertiary/aromatic N) is 2. The first-order chi connectivity index (χ1) is 13.0. The molecule has 1 N–H and O–H groups in total. The average molecular weight is 367 g/mol. The molecular weight excluding hydrogens is 338 g/mol. The summed E-state index contributed by atoms with van der Waals surface area (Å²) in [5.74, 6) is 1.63. The summed E-state index contributed by atoms with van der Waals surface area (Å²) in [6, 6.07) is 15.8. The van der Waals surface area contributed by atoms with E-state index in [0.29, 0.717) is 6.54 Å². The van der Waals surface area contributed by atoms with Crippen LogP contribution in [0.1, 0.15) is 25.3 Å². The van der Waals surface area contributed by atoms with Crippen LogP contribution in [0.2, 0.25) is 0 Å². The van der Waals surface area contributed by atoms with Gasteiger partial charge in [0.25, 0.3) is 0 Å². The number of anilines is 2. The number of ether oxygens (including phenoxy) is 1. The number of hydrogen-bond acceptors (Lipinski definition) is 3. The summed E-state index contributed by atoms with van der Waals surface area (Å²) in [5.41, 5.74) is 3.10. The fraction of sp³-hybridized carbons (Fsp3) is 0.409. The largest absolute Gasteiger partial charge is 0.497 e. The van der Waals surface area contributed by atoms with Gasteiger partial charge in [0, 0.05) is 38.1 Å². The molecule has 5 nitrogen and oxygen atoms in total. The number of carbonyl (C=O) groups excluding carboxylic acids is 1. The molecule has 1 aliphatic rings. The number of benzene rings is 2. The lowest BCUT2D eigenvalue weighted by Crippen LogP contribution is -2.32. The zero-order valence-corrected chi connectivity index (χ0v) is 16.4. The Kier molecular flexibility index (Phi) is 6.22. The molecule has 27 heavy (non-hydrogen) atoms. The van der Waals surface area contributed by atoms with Gasteiger partial charge in [0.05, 0.1) is 7.11 Å². The van der Waals surface area contributed by atoms with E-state index in [1.165, 1.54) is 18.5 Å². The molecule has 2 aromatic carbocycles. The predicted molar refractivity (Wildman–Crippen MR) is 111 cm³/mol. The molecule has 1 saturated heterocycles. The van der Waals surface area contributed by atoms with Gasteiger partial charge in [-0.3, -0.25) is 0 Å². The number of carbonyl (C=O) groups is 1. The van der Waals surface area contributed by atoms with E-state index in [1.54, 1.807) is 19.1 Å². The third kappa shape index (κ3) is 5.16. The van der Waals surface area contributed by atoms with E-state index < -0.39 is 0 Å². The van der Waals surface area contributed by atoms with Crippen molar-refractivity contribution in [2.75, 3.05) is 37.5 Å². The van der Waals surface area contributed by atoms with E-state index in [1.807, 2.05) is 36.4 Å². The van der Waals surface area contributed by atoms with Crippen molar-refractivity contribution < 1.29 is 9.53 Å². The van der Waals surface area contributed by atoms with Crippen LogP contribution < -0.4 is 15.0 Å². The first-order valence-corrected chi connectivity index (χ1v) is 9.55. The minimum atomic E-state index is -0.120. The standard InChI is InChI=1S/C22H29N3O2/c1-17-12-14-25(15-13-17)20-8-6-19(7-9-20)23-22(26)24(2)16-18-4-10-21(27-3)11-5-18/h4-11,17H,12-16H2,1-3H3,(H,23,26). The molecule has 2 aromatic rings. The van der Waals surface area contributed by atoms with E-state index >= 15 is 0 Å². The third-order valence-electron chi connectivity index (χ3n) is 5.19. The lowest BCUT2D eigenvalue weighted by Gasteiger charge is -2.32. The quantitative estimate of drug-likeness (QED) is 0.840. The molecule has 0 aliphatic carbocycles. The smallest absolute Gasteiger partial charge is 0.321 e. The summed E-state index contributed by atoms with van der Waals surface area (Å²) >= 11 is 0. The first kappa shape index (κ1) is 19.1. The van der Waals surface area contributed by atoms with Crippen LogP contribution in [-0.2, 0) is 6.54 Å². The second-order valence-corrected chi connectivity index (χ2v) is 7.35. The van der Waals surface area contributed by atoms with Gasteiger partial charge in [-0.15, -0.1) is 0 Å². The number of piperidine rings is 1. The molecule has 1 fully saturated rings. The van der Waals surface area contributed by atoms with Gasteiger partial charge in [-0.2, -0.15) is 0 Å². The Labute approximate surface area is 161 Å². The van der Waals surface area contributed by atoms with Crippen LogP contribution in [0.4, 0.5) is 16.2 Å². The molecule has 0 aromatic heterocycles. The maximum atomic E-state index is 12.4. The van der Waals surface area contributed by atoms with Crippen molar-refractivity contribution in [2.24, 2.45) is 5.92 Å². The average Bonchev–Trinajstić information content (AvgIpc) is 2.70. The maximum absolute atomic E-state index is 12.4. The minimum absolute atomic E-state index is 0.120. The van der Waals surface area contributed by atoms with Crippen LogP contribution in [0.25, 0.3) is 0 Å². The van der Waals surface area contributed by atoms with Crippen LogP contribution >= 0.6 is 0 Å².